The molecule has 0 radical (unpaired) electrons. The Morgan fingerprint density at radius 1 is 1.35 bits per heavy atom. The highest BCUT2D eigenvalue weighted by molar-refractivity contribution is 5.93. The second kappa shape index (κ2) is 6.64. The van der Waals surface area contributed by atoms with E-state index in [4.69, 9.17) is 4.74 Å². The summed E-state index contributed by atoms with van der Waals surface area (Å²) in [5.74, 6) is -0.291. The maximum Gasteiger partial charge on any atom is 0.229 e. The zero-order valence-electron chi connectivity index (χ0n) is 12.8. The summed E-state index contributed by atoms with van der Waals surface area (Å²) in [5, 5.41) is 2.77. The molecule has 23 heavy (non-hydrogen) atoms. The van der Waals surface area contributed by atoms with Crippen LogP contribution in [0.25, 0.3) is 0 Å². The normalized spacial score (nSPS) is 17.1. The van der Waals surface area contributed by atoms with Crippen molar-refractivity contribution >= 4 is 17.3 Å². The van der Waals surface area contributed by atoms with Gasteiger partial charge in [-0.05, 0) is 24.6 Å². The van der Waals surface area contributed by atoms with E-state index in [0.29, 0.717) is 18.0 Å². The highest BCUT2D eigenvalue weighted by Gasteiger charge is 2.28. The Labute approximate surface area is 134 Å². The molecule has 3 rings (SSSR count). The van der Waals surface area contributed by atoms with Crippen LogP contribution in [0.2, 0.25) is 0 Å². The van der Waals surface area contributed by atoms with E-state index >= 15 is 0 Å². The minimum atomic E-state index is -0.440. The molecule has 5 nitrogen and oxygen atoms in total. The molecule has 0 aliphatic carbocycles. The van der Waals surface area contributed by atoms with Crippen molar-refractivity contribution < 1.29 is 13.9 Å². The number of anilines is 2. The summed E-state index contributed by atoms with van der Waals surface area (Å²) in [6.07, 6.45) is 4.24. The van der Waals surface area contributed by atoms with E-state index in [1.54, 1.807) is 18.5 Å². The van der Waals surface area contributed by atoms with Gasteiger partial charge in [0.15, 0.2) is 0 Å². The zero-order chi connectivity index (χ0) is 16.2. The first-order valence-corrected chi connectivity index (χ1v) is 7.46. The number of pyridine rings is 1. The first kappa shape index (κ1) is 15.3. The van der Waals surface area contributed by atoms with Gasteiger partial charge in [-0.15, -0.1) is 0 Å². The van der Waals surface area contributed by atoms with Crippen LogP contribution < -0.4 is 15.0 Å². The Bertz CT molecular complexity index is 693. The number of nitrogens with zero attached hydrogens (tertiary/aromatic N) is 2. The van der Waals surface area contributed by atoms with Gasteiger partial charge in [0.1, 0.15) is 11.6 Å². The van der Waals surface area contributed by atoms with Crippen molar-refractivity contribution in [2.24, 2.45) is 5.92 Å². The number of halogens is 1. The number of benzene rings is 1. The summed E-state index contributed by atoms with van der Waals surface area (Å²) < 4.78 is 18.5. The number of carbonyl (C=O) groups is 1. The first-order chi connectivity index (χ1) is 11.2. The Balaban J connectivity index is 1.64. The predicted molar refractivity (Wildman–Crippen MR) is 86.1 cm³/mol. The number of rotatable bonds is 4. The van der Waals surface area contributed by atoms with E-state index in [9.17, 15) is 9.18 Å². The summed E-state index contributed by atoms with van der Waals surface area (Å²) in [4.78, 5) is 18.5. The predicted octanol–water partition coefficient (Wildman–Crippen LogP) is 2.69. The molecule has 0 saturated carbocycles. The summed E-state index contributed by atoms with van der Waals surface area (Å²) in [5.41, 5.74) is 1.47. The van der Waals surface area contributed by atoms with Crippen LogP contribution in [0.3, 0.4) is 0 Å². The molecule has 1 amide bonds. The van der Waals surface area contributed by atoms with E-state index in [1.807, 2.05) is 12.1 Å². The van der Waals surface area contributed by atoms with Gasteiger partial charge < -0.3 is 15.0 Å². The third-order valence-corrected chi connectivity index (χ3v) is 3.96. The molecule has 2 aromatic rings. The standard InChI is InChI=1S/C17H18FN3O2/c1-23-16-9-13(18)8-14(10-16)20-17(22)12-4-7-21(11-12)15-2-5-19-6-3-15/h2-3,5-6,8-10,12H,4,7,11H2,1H3,(H,20,22). The largest absolute Gasteiger partial charge is 0.497 e. The van der Waals surface area contributed by atoms with Gasteiger partial charge >= 0.3 is 0 Å². The molecule has 2 heterocycles. The number of amides is 1. The molecule has 1 atom stereocenters. The second-order valence-corrected chi connectivity index (χ2v) is 5.51. The van der Waals surface area contributed by atoms with Gasteiger partial charge in [-0.3, -0.25) is 9.78 Å². The van der Waals surface area contributed by atoms with Gasteiger partial charge in [-0.2, -0.15) is 0 Å². The fraction of sp³-hybridized carbons (Fsp3) is 0.294. The Morgan fingerprint density at radius 2 is 2.13 bits per heavy atom. The topological polar surface area (TPSA) is 54.5 Å². The minimum Gasteiger partial charge on any atom is -0.497 e. The number of carbonyl (C=O) groups excluding carboxylic acids is 1. The molecule has 1 aliphatic heterocycles. The molecule has 0 spiro atoms. The minimum absolute atomic E-state index is 0.103. The zero-order valence-corrected chi connectivity index (χ0v) is 12.8. The van der Waals surface area contributed by atoms with Crippen LogP contribution in [0.5, 0.6) is 5.75 Å². The number of ether oxygens (including phenoxy) is 1. The lowest BCUT2D eigenvalue weighted by Crippen LogP contribution is -2.27. The van der Waals surface area contributed by atoms with Crippen molar-refractivity contribution in [2.75, 3.05) is 30.4 Å². The molecular weight excluding hydrogens is 297 g/mol. The third-order valence-electron chi connectivity index (χ3n) is 3.96. The molecular formula is C17H18FN3O2. The average molecular weight is 315 g/mol. The van der Waals surface area contributed by atoms with E-state index in [0.717, 1.165) is 18.7 Å². The van der Waals surface area contributed by atoms with Crippen molar-refractivity contribution in [1.29, 1.82) is 0 Å². The van der Waals surface area contributed by atoms with Gasteiger partial charge in [-0.1, -0.05) is 0 Å². The van der Waals surface area contributed by atoms with Crippen LogP contribution >= 0.6 is 0 Å². The van der Waals surface area contributed by atoms with E-state index in [1.165, 1.54) is 19.2 Å². The lowest BCUT2D eigenvalue weighted by molar-refractivity contribution is -0.119. The number of hydrogen-bond donors (Lipinski definition) is 1. The van der Waals surface area contributed by atoms with Crippen LogP contribution in [-0.2, 0) is 4.79 Å². The first-order valence-electron chi connectivity index (χ1n) is 7.46. The van der Waals surface area contributed by atoms with Crippen molar-refractivity contribution in [3.8, 4) is 5.75 Å². The molecule has 1 aromatic heterocycles. The quantitative estimate of drug-likeness (QED) is 0.942. The van der Waals surface area contributed by atoms with Crippen LogP contribution in [-0.4, -0.2) is 31.1 Å². The highest BCUT2D eigenvalue weighted by atomic mass is 19.1. The summed E-state index contributed by atoms with van der Waals surface area (Å²) in [7, 11) is 1.46. The van der Waals surface area contributed by atoms with Gasteiger partial charge in [0.2, 0.25) is 5.91 Å². The van der Waals surface area contributed by atoms with E-state index in [2.05, 4.69) is 15.2 Å². The highest BCUT2D eigenvalue weighted by Crippen LogP contribution is 2.25. The van der Waals surface area contributed by atoms with E-state index in [-0.39, 0.29) is 11.8 Å². The molecule has 1 N–H and O–H groups in total. The van der Waals surface area contributed by atoms with Crippen LogP contribution in [0.1, 0.15) is 6.42 Å². The maximum atomic E-state index is 13.5. The second-order valence-electron chi connectivity index (χ2n) is 5.51. The van der Waals surface area contributed by atoms with Crippen molar-refractivity contribution in [2.45, 2.75) is 6.42 Å². The molecule has 1 aromatic carbocycles. The van der Waals surface area contributed by atoms with Crippen molar-refractivity contribution in [3.63, 3.8) is 0 Å². The monoisotopic (exact) mass is 315 g/mol. The fourth-order valence-corrected chi connectivity index (χ4v) is 2.76. The Hall–Kier alpha value is -2.63. The average Bonchev–Trinajstić information content (AvgIpc) is 3.05. The van der Waals surface area contributed by atoms with E-state index < -0.39 is 5.82 Å². The number of methoxy groups -OCH3 is 1. The van der Waals surface area contributed by atoms with Gasteiger partial charge in [0.05, 0.1) is 13.0 Å². The van der Waals surface area contributed by atoms with Crippen molar-refractivity contribution in [1.82, 2.24) is 4.98 Å². The van der Waals surface area contributed by atoms with Gasteiger partial charge in [-0.25, -0.2) is 4.39 Å². The molecule has 0 bridgehead atoms. The molecule has 1 unspecified atom stereocenters. The lowest BCUT2D eigenvalue weighted by Gasteiger charge is -2.18. The van der Waals surface area contributed by atoms with Gasteiger partial charge in [0.25, 0.3) is 0 Å². The van der Waals surface area contributed by atoms with Crippen LogP contribution in [0.4, 0.5) is 15.8 Å². The molecule has 1 aliphatic rings. The number of nitrogens with one attached hydrogen (secondary N) is 1. The van der Waals surface area contributed by atoms with Gasteiger partial charge in [0, 0.05) is 49.0 Å². The summed E-state index contributed by atoms with van der Waals surface area (Å²) >= 11 is 0. The molecule has 1 saturated heterocycles. The SMILES string of the molecule is COc1cc(F)cc(NC(=O)C2CCN(c3ccncc3)C2)c1. The van der Waals surface area contributed by atoms with Crippen LogP contribution in [0.15, 0.2) is 42.7 Å². The fourth-order valence-electron chi connectivity index (χ4n) is 2.76. The molecule has 6 heteroatoms. The lowest BCUT2D eigenvalue weighted by atomic mass is 10.1. The Kier molecular flexibility index (Phi) is 4.41. The third kappa shape index (κ3) is 3.59. The molecule has 1 fully saturated rings. The smallest absolute Gasteiger partial charge is 0.229 e. The number of aromatic nitrogens is 1. The van der Waals surface area contributed by atoms with Crippen molar-refractivity contribution in [3.05, 3.63) is 48.5 Å². The molecule has 120 valence electrons. The summed E-state index contributed by atoms with van der Waals surface area (Å²) in [6.45, 7) is 1.46. The maximum absolute atomic E-state index is 13.5. The number of hydrogen-bond acceptors (Lipinski definition) is 4. The van der Waals surface area contributed by atoms with Crippen LogP contribution in [0, 0.1) is 11.7 Å². The Morgan fingerprint density at radius 3 is 2.87 bits per heavy atom. The summed E-state index contributed by atoms with van der Waals surface area (Å²) in [6, 6.07) is 8.03.